The maximum absolute atomic E-state index is 13.7. The van der Waals surface area contributed by atoms with Gasteiger partial charge in [-0.3, -0.25) is 10.2 Å². The fourth-order valence-electron chi connectivity index (χ4n) is 5.41. The third-order valence-corrected chi connectivity index (χ3v) is 7.57. The fourth-order valence-corrected chi connectivity index (χ4v) is 5.66. The predicted octanol–water partition coefficient (Wildman–Crippen LogP) is 5.76. The highest BCUT2D eigenvalue weighted by Crippen LogP contribution is 2.43. The summed E-state index contributed by atoms with van der Waals surface area (Å²) in [7, 11) is 0. The van der Waals surface area contributed by atoms with Gasteiger partial charge in [0.25, 0.3) is 0 Å². The molecule has 2 aromatic heterocycles. The number of nitrogens with one attached hydrogen (secondary N) is 1. The third kappa shape index (κ3) is 5.81. The molecule has 0 aliphatic carbocycles. The van der Waals surface area contributed by atoms with Crippen LogP contribution in [0.1, 0.15) is 32.3 Å². The molecule has 14 heteroatoms. The van der Waals surface area contributed by atoms with E-state index in [0.29, 0.717) is 24.7 Å². The van der Waals surface area contributed by atoms with Crippen LogP contribution in [0.15, 0.2) is 42.6 Å². The number of aromatic nitrogens is 3. The lowest BCUT2D eigenvalue weighted by atomic mass is 9.99. The number of alkyl halides is 3. The zero-order valence-corrected chi connectivity index (χ0v) is 23.6. The third-order valence-electron chi connectivity index (χ3n) is 7.28. The van der Waals surface area contributed by atoms with Crippen LogP contribution in [0.5, 0.6) is 6.01 Å². The van der Waals surface area contributed by atoms with Crippen LogP contribution in [0.25, 0.3) is 11.3 Å². The second-order valence-corrected chi connectivity index (χ2v) is 11.2. The number of pyridine rings is 1. The van der Waals surface area contributed by atoms with Gasteiger partial charge in [-0.05, 0) is 51.0 Å². The summed E-state index contributed by atoms with van der Waals surface area (Å²) in [6, 6.07) is 7.35. The van der Waals surface area contributed by atoms with E-state index in [2.05, 4.69) is 25.2 Å². The van der Waals surface area contributed by atoms with Gasteiger partial charge >= 0.3 is 18.2 Å². The number of rotatable bonds is 5. The largest absolute Gasteiger partial charge is 0.461 e. The van der Waals surface area contributed by atoms with Crippen molar-refractivity contribution in [3.05, 3.63) is 53.2 Å². The van der Waals surface area contributed by atoms with Gasteiger partial charge in [-0.2, -0.15) is 18.2 Å². The summed E-state index contributed by atoms with van der Waals surface area (Å²) < 4.78 is 57.2. The molecule has 3 aliphatic rings. The zero-order chi connectivity index (χ0) is 29.6. The summed E-state index contributed by atoms with van der Waals surface area (Å²) in [6.07, 6.45) is -1.78. The van der Waals surface area contributed by atoms with Crippen LogP contribution in [0.3, 0.4) is 0 Å². The van der Waals surface area contributed by atoms with E-state index >= 15 is 0 Å². The van der Waals surface area contributed by atoms with Crippen molar-refractivity contribution < 1.29 is 32.2 Å². The molecule has 10 nitrogen and oxygen atoms in total. The molecular weight excluding hydrogens is 577 g/mol. The molecule has 5 heterocycles. The van der Waals surface area contributed by atoms with E-state index in [9.17, 15) is 18.0 Å². The number of hydrogen-bond acceptors (Lipinski definition) is 8. The van der Waals surface area contributed by atoms with Crippen LogP contribution in [0, 0.1) is 0 Å². The number of urea groups is 1. The first-order valence-electron chi connectivity index (χ1n) is 13.5. The highest BCUT2D eigenvalue weighted by atomic mass is 35.5. The summed E-state index contributed by atoms with van der Waals surface area (Å²) in [5.74, 6) is -0.170. The van der Waals surface area contributed by atoms with E-state index in [1.165, 1.54) is 29.3 Å². The average Bonchev–Trinajstić information content (AvgIpc) is 3.30. The SMILES string of the molecule is CC1(C)OCC(COc2nccc(NC(=O)N3c4nc(-c5cccc(C(F)(F)F)c5)c(Cl)cc4N4CCC[C@H]3C4)n2)O1. The maximum Gasteiger partial charge on any atom is 0.416 e. The normalized spacial score (nSPS) is 21.2. The lowest BCUT2D eigenvalue weighted by Gasteiger charge is -2.46. The van der Waals surface area contributed by atoms with Gasteiger partial charge in [0.2, 0.25) is 0 Å². The van der Waals surface area contributed by atoms with E-state index in [1.54, 1.807) is 6.07 Å². The number of carbonyl (C=O) groups excluding carboxylic acids is 1. The molecule has 3 aromatic rings. The number of amides is 2. The number of hydrogen-bond donors (Lipinski definition) is 1. The van der Waals surface area contributed by atoms with Gasteiger partial charge in [-0.15, -0.1) is 0 Å². The first kappa shape index (κ1) is 28.4. The van der Waals surface area contributed by atoms with Gasteiger partial charge in [0, 0.05) is 24.8 Å². The van der Waals surface area contributed by atoms with Crippen molar-refractivity contribution in [2.45, 2.75) is 50.8 Å². The number of nitrogens with zero attached hydrogens (tertiary/aromatic N) is 5. The highest BCUT2D eigenvalue weighted by molar-refractivity contribution is 6.33. The Kier molecular flexibility index (Phi) is 7.36. The second-order valence-electron chi connectivity index (χ2n) is 10.8. The van der Waals surface area contributed by atoms with Crippen LogP contribution >= 0.6 is 11.6 Å². The van der Waals surface area contributed by atoms with Crippen molar-refractivity contribution in [3.8, 4) is 17.3 Å². The Morgan fingerprint density at radius 2 is 2.07 bits per heavy atom. The Bertz CT molecular complexity index is 1510. The van der Waals surface area contributed by atoms with E-state index in [-0.39, 0.29) is 46.9 Å². The van der Waals surface area contributed by atoms with Crippen LogP contribution in [0.2, 0.25) is 5.02 Å². The van der Waals surface area contributed by atoms with Gasteiger partial charge in [-0.1, -0.05) is 23.7 Å². The number of anilines is 3. The Labute approximate surface area is 244 Å². The van der Waals surface area contributed by atoms with Crippen molar-refractivity contribution in [2.75, 3.05) is 41.4 Å². The lowest BCUT2D eigenvalue weighted by Crippen LogP contribution is -2.56. The van der Waals surface area contributed by atoms with Crippen molar-refractivity contribution >= 4 is 35.0 Å². The minimum Gasteiger partial charge on any atom is -0.461 e. The Hall–Kier alpha value is -3.68. The van der Waals surface area contributed by atoms with Crippen LogP contribution < -0.4 is 19.9 Å². The molecular formula is C28H28ClF3N6O4. The van der Waals surface area contributed by atoms with Crippen LogP contribution in [0.4, 0.5) is 35.3 Å². The number of piperidine rings is 1. The second kappa shape index (κ2) is 10.9. The van der Waals surface area contributed by atoms with Gasteiger partial charge < -0.3 is 19.1 Å². The minimum atomic E-state index is -4.53. The van der Waals surface area contributed by atoms with E-state index in [0.717, 1.165) is 31.5 Å². The van der Waals surface area contributed by atoms with Crippen LogP contribution in [-0.4, -0.2) is 65.2 Å². The molecule has 3 aliphatic heterocycles. The molecule has 1 aromatic carbocycles. The van der Waals surface area contributed by atoms with Crippen molar-refractivity contribution in [1.29, 1.82) is 0 Å². The standard InChI is InChI=1S/C28H28ClF3N6O4/c1-27(2)41-15-19(42-27)14-40-25-33-9-8-22(34-25)35-26(39)38-18-7-4-10-37(13-18)21-12-20(29)23(36-24(21)38)16-5-3-6-17(11-16)28(30,31)32/h3,5-6,8-9,11-12,18-19H,4,7,10,13-15H2,1-2H3,(H,33,34,35,39)/t18-,19?/m0/s1. The highest BCUT2D eigenvalue weighted by Gasteiger charge is 2.39. The molecule has 1 unspecified atom stereocenters. The first-order valence-corrected chi connectivity index (χ1v) is 13.9. The molecule has 2 saturated heterocycles. The van der Waals surface area contributed by atoms with Gasteiger partial charge in [0.15, 0.2) is 11.6 Å². The molecule has 6 rings (SSSR count). The predicted molar refractivity (Wildman–Crippen MR) is 149 cm³/mol. The molecule has 222 valence electrons. The number of halogens is 4. The number of fused-ring (bicyclic) bond motifs is 4. The summed E-state index contributed by atoms with van der Waals surface area (Å²) >= 11 is 6.57. The van der Waals surface area contributed by atoms with E-state index in [1.807, 2.05) is 13.8 Å². The molecule has 0 saturated carbocycles. The minimum absolute atomic E-state index is 0.0562. The van der Waals surface area contributed by atoms with Crippen LogP contribution in [-0.2, 0) is 15.7 Å². The summed E-state index contributed by atoms with van der Waals surface area (Å²) in [5, 5.41) is 2.99. The van der Waals surface area contributed by atoms with E-state index in [4.69, 9.17) is 25.8 Å². The fraction of sp³-hybridized carbons (Fsp3) is 0.429. The zero-order valence-electron chi connectivity index (χ0n) is 22.8. The van der Waals surface area contributed by atoms with Gasteiger partial charge in [-0.25, -0.2) is 14.8 Å². The monoisotopic (exact) mass is 604 g/mol. The Balaban J connectivity index is 1.27. The summed E-state index contributed by atoms with van der Waals surface area (Å²) in [6.45, 7) is 5.49. The average molecular weight is 605 g/mol. The van der Waals surface area contributed by atoms with Gasteiger partial charge in [0.05, 0.1) is 34.6 Å². The maximum atomic E-state index is 13.7. The van der Waals surface area contributed by atoms with Gasteiger partial charge in [0.1, 0.15) is 18.5 Å². The van der Waals surface area contributed by atoms with Crippen molar-refractivity contribution in [1.82, 2.24) is 15.0 Å². The Morgan fingerprint density at radius 1 is 1.24 bits per heavy atom. The molecule has 2 amide bonds. The molecule has 1 N–H and O–H groups in total. The number of carbonyl (C=O) groups is 1. The van der Waals surface area contributed by atoms with E-state index < -0.39 is 23.6 Å². The molecule has 2 fully saturated rings. The topological polar surface area (TPSA) is 102 Å². The smallest absolute Gasteiger partial charge is 0.416 e. The number of benzene rings is 1. The summed E-state index contributed by atoms with van der Waals surface area (Å²) in [5.41, 5.74) is 0.166. The molecule has 0 spiro atoms. The quantitative estimate of drug-likeness (QED) is 0.392. The molecule has 42 heavy (non-hydrogen) atoms. The number of ether oxygens (including phenoxy) is 3. The molecule has 2 bridgehead atoms. The molecule has 0 radical (unpaired) electrons. The first-order chi connectivity index (χ1) is 20.0. The van der Waals surface area contributed by atoms with Crippen molar-refractivity contribution in [2.24, 2.45) is 0 Å². The molecule has 2 atom stereocenters. The Morgan fingerprint density at radius 3 is 2.83 bits per heavy atom. The van der Waals surface area contributed by atoms with Crippen molar-refractivity contribution in [3.63, 3.8) is 0 Å². The summed E-state index contributed by atoms with van der Waals surface area (Å²) in [4.78, 5) is 30.5. The lowest BCUT2D eigenvalue weighted by molar-refractivity contribution is -0.141.